The van der Waals surface area contributed by atoms with Gasteiger partial charge in [-0.25, -0.2) is 0 Å². The van der Waals surface area contributed by atoms with Crippen molar-refractivity contribution in [1.82, 2.24) is 5.32 Å². The van der Waals surface area contributed by atoms with E-state index in [0.717, 1.165) is 31.7 Å². The van der Waals surface area contributed by atoms with Crippen molar-refractivity contribution in [2.24, 2.45) is 0 Å². The first-order valence-corrected chi connectivity index (χ1v) is 6.97. The topological polar surface area (TPSA) is 30.5 Å². The summed E-state index contributed by atoms with van der Waals surface area (Å²) in [5.74, 6) is 0.886. The molecule has 1 N–H and O–H groups in total. The Balaban J connectivity index is 2.04. The quantitative estimate of drug-likeness (QED) is 0.731. The van der Waals surface area contributed by atoms with Gasteiger partial charge in [-0.05, 0) is 57.9 Å². The van der Waals surface area contributed by atoms with E-state index in [1.807, 2.05) is 24.3 Å². The average molecular weight is 265 g/mol. The monoisotopic (exact) mass is 265 g/mol. The summed E-state index contributed by atoms with van der Waals surface area (Å²) in [5, 5.41) is 3.47. The first-order valence-electron chi connectivity index (χ1n) is 6.97. The summed E-state index contributed by atoms with van der Waals surface area (Å²) in [7, 11) is 1.68. The van der Waals surface area contributed by atoms with Gasteiger partial charge < -0.3 is 14.8 Å². The highest BCUT2D eigenvalue weighted by Gasteiger charge is 2.06. The standard InChI is InChI=1S/C16H27NO2/c1-16(2,3)17-11-5-6-12-19-13-14-7-9-15(18-4)10-8-14/h7-10,17H,5-6,11-13H2,1-4H3. The summed E-state index contributed by atoms with van der Waals surface area (Å²) in [6.45, 7) is 9.11. The molecule has 0 saturated heterocycles. The number of nitrogens with one attached hydrogen (secondary N) is 1. The molecule has 0 radical (unpaired) electrons. The highest BCUT2D eigenvalue weighted by atomic mass is 16.5. The molecule has 3 nitrogen and oxygen atoms in total. The van der Waals surface area contributed by atoms with Crippen LogP contribution < -0.4 is 10.1 Å². The number of unbranched alkanes of at least 4 members (excludes halogenated alkanes) is 1. The van der Waals surface area contributed by atoms with Crippen molar-refractivity contribution in [2.75, 3.05) is 20.3 Å². The fourth-order valence-corrected chi connectivity index (χ4v) is 1.70. The van der Waals surface area contributed by atoms with E-state index in [0.29, 0.717) is 6.61 Å². The van der Waals surface area contributed by atoms with Crippen molar-refractivity contribution in [1.29, 1.82) is 0 Å². The van der Waals surface area contributed by atoms with Gasteiger partial charge in [-0.1, -0.05) is 12.1 Å². The van der Waals surface area contributed by atoms with Gasteiger partial charge >= 0.3 is 0 Å². The van der Waals surface area contributed by atoms with E-state index < -0.39 is 0 Å². The van der Waals surface area contributed by atoms with Crippen LogP contribution in [0, 0.1) is 0 Å². The first kappa shape index (κ1) is 16.0. The highest BCUT2D eigenvalue weighted by molar-refractivity contribution is 5.26. The molecule has 1 rings (SSSR count). The minimum atomic E-state index is 0.212. The van der Waals surface area contributed by atoms with Crippen molar-refractivity contribution in [3.8, 4) is 5.75 Å². The van der Waals surface area contributed by atoms with Crippen LogP contribution in [0.5, 0.6) is 5.75 Å². The van der Waals surface area contributed by atoms with Gasteiger partial charge in [-0.3, -0.25) is 0 Å². The van der Waals surface area contributed by atoms with Crippen LogP contribution in [0.25, 0.3) is 0 Å². The lowest BCUT2D eigenvalue weighted by Crippen LogP contribution is -2.36. The molecular formula is C16H27NO2. The summed E-state index contributed by atoms with van der Waals surface area (Å²) in [5.41, 5.74) is 1.40. The predicted molar refractivity (Wildman–Crippen MR) is 79.6 cm³/mol. The molecular weight excluding hydrogens is 238 g/mol. The lowest BCUT2D eigenvalue weighted by molar-refractivity contribution is 0.117. The van der Waals surface area contributed by atoms with Crippen molar-refractivity contribution < 1.29 is 9.47 Å². The summed E-state index contributed by atoms with van der Waals surface area (Å²) >= 11 is 0. The molecule has 0 unspecified atom stereocenters. The second-order valence-corrected chi connectivity index (χ2v) is 5.78. The molecule has 0 aliphatic heterocycles. The van der Waals surface area contributed by atoms with E-state index >= 15 is 0 Å². The van der Waals surface area contributed by atoms with Crippen molar-refractivity contribution in [3.63, 3.8) is 0 Å². The maximum Gasteiger partial charge on any atom is 0.118 e. The van der Waals surface area contributed by atoms with Crippen molar-refractivity contribution >= 4 is 0 Å². The second-order valence-electron chi connectivity index (χ2n) is 5.78. The molecule has 1 aromatic rings. The molecule has 0 heterocycles. The number of hydrogen-bond donors (Lipinski definition) is 1. The Bertz CT molecular complexity index is 341. The Labute approximate surface area is 117 Å². The van der Waals surface area contributed by atoms with Crippen LogP contribution in [-0.4, -0.2) is 25.8 Å². The Morgan fingerprint density at radius 2 is 1.74 bits per heavy atom. The van der Waals surface area contributed by atoms with Crippen LogP contribution in [0.4, 0.5) is 0 Å². The number of benzene rings is 1. The zero-order valence-electron chi connectivity index (χ0n) is 12.7. The molecule has 0 fully saturated rings. The zero-order valence-corrected chi connectivity index (χ0v) is 12.7. The SMILES string of the molecule is COc1ccc(COCCCCNC(C)(C)C)cc1. The van der Waals surface area contributed by atoms with Gasteiger partial charge in [-0.2, -0.15) is 0 Å². The first-order chi connectivity index (χ1) is 9.01. The Kier molecular flexibility index (Phi) is 6.89. The average Bonchev–Trinajstić information content (AvgIpc) is 2.37. The maximum atomic E-state index is 5.66. The number of hydrogen-bond acceptors (Lipinski definition) is 3. The van der Waals surface area contributed by atoms with Crippen LogP contribution in [0.2, 0.25) is 0 Å². The van der Waals surface area contributed by atoms with E-state index in [2.05, 4.69) is 26.1 Å². The van der Waals surface area contributed by atoms with E-state index in [4.69, 9.17) is 9.47 Å². The third-order valence-electron chi connectivity index (χ3n) is 2.80. The molecule has 19 heavy (non-hydrogen) atoms. The predicted octanol–water partition coefficient (Wildman–Crippen LogP) is 3.38. The molecule has 0 bridgehead atoms. The Hall–Kier alpha value is -1.06. The number of rotatable bonds is 8. The van der Waals surface area contributed by atoms with Crippen LogP contribution >= 0.6 is 0 Å². The van der Waals surface area contributed by atoms with Gasteiger partial charge in [0.05, 0.1) is 13.7 Å². The van der Waals surface area contributed by atoms with Gasteiger partial charge in [0.15, 0.2) is 0 Å². The Morgan fingerprint density at radius 1 is 1.05 bits per heavy atom. The fraction of sp³-hybridized carbons (Fsp3) is 0.625. The summed E-state index contributed by atoms with van der Waals surface area (Å²) < 4.78 is 10.8. The van der Waals surface area contributed by atoms with E-state index in [9.17, 15) is 0 Å². The minimum absolute atomic E-state index is 0.212. The molecule has 0 spiro atoms. The van der Waals surface area contributed by atoms with Crippen LogP contribution in [0.15, 0.2) is 24.3 Å². The highest BCUT2D eigenvalue weighted by Crippen LogP contribution is 2.12. The van der Waals surface area contributed by atoms with Gasteiger partial charge in [0.25, 0.3) is 0 Å². The summed E-state index contributed by atoms with van der Waals surface area (Å²) in [6, 6.07) is 8.01. The smallest absolute Gasteiger partial charge is 0.118 e. The molecule has 108 valence electrons. The Morgan fingerprint density at radius 3 is 2.32 bits per heavy atom. The third-order valence-corrected chi connectivity index (χ3v) is 2.80. The minimum Gasteiger partial charge on any atom is -0.497 e. The molecule has 0 saturated carbocycles. The van der Waals surface area contributed by atoms with Gasteiger partial charge in [0, 0.05) is 12.1 Å². The molecule has 0 amide bonds. The molecule has 0 aliphatic carbocycles. The normalized spacial score (nSPS) is 11.6. The fourth-order valence-electron chi connectivity index (χ4n) is 1.70. The van der Waals surface area contributed by atoms with Gasteiger partial charge in [0.1, 0.15) is 5.75 Å². The lowest BCUT2D eigenvalue weighted by atomic mass is 10.1. The summed E-state index contributed by atoms with van der Waals surface area (Å²) in [4.78, 5) is 0. The zero-order chi connectivity index (χ0) is 14.1. The van der Waals surface area contributed by atoms with Crippen LogP contribution in [0.1, 0.15) is 39.2 Å². The molecule has 0 aliphatic rings. The summed E-state index contributed by atoms with van der Waals surface area (Å²) in [6.07, 6.45) is 2.25. The molecule has 0 aromatic heterocycles. The molecule has 1 aromatic carbocycles. The van der Waals surface area contributed by atoms with E-state index in [1.165, 1.54) is 5.56 Å². The lowest BCUT2D eigenvalue weighted by Gasteiger charge is -2.20. The molecule has 3 heteroatoms. The van der Waals surface area contributed by atoms with Crippen molar-refractivity contribution in [2.45, 2.75) is 45.8 Å². The second kappa shape index (κ2) is 8.18. The van der Waals surface area contributed by atoms with Crippen molar-refractivity contribution in [3.05, 3.63) is 29.8 Å². The molecule has 0 atom stereocenters. The number of methoxy groups -OCH3 is 1. The van der Waals surface area contributed by atoms with Crippen LogP contribution in [-0.2, 0) is 11.3 Å². The van der Waals surface area contributed by atoms with Crippen LogP contribution in [0.3, 0.4) is 0 Å². The maximum absolute atomic E-state index is 5.66. The van der Waals surface area contributed by atoms with Gasteiger partial charge in [0.2, 0.25) is 0 Å². The van der Waals surface area contributed by atoms with E-state index in [-0.39, 0.29) is 5.54 Å². The van der Waals surface area contributed by atoms with Gasteiger partial charge in [-0.15, -0.1) is 0 Å². The third kappa shape index (κ3) is 7.85. The van der Waals surface area contributed by atoms with E-state index in [1.54, 1.807) is 7.11 Å². The number of ether oxygens (including phenoxy) is 2. The largest absolute Gasteiger partial charge is 0.497 e.